The molecule has 0 heterocycles. The number of carbonyl (C=O) groups excluding carboxylic acids is 1. The van der Waals surface area contributed by atoms with Crippen LogP contribution in [0, 0.1) is 0 Å². The minimum Gasteiger partial charge on any atom is -0.493 e. The first-order valence-electron chi connectivity index (χ1n) is 8.12. The van der Waals surface area contributed by atoms with Crippen molar-refractivity contribution in [1.82, 2.24) is 5.43 Å². The van der Waals surface area contributed by atoms with Crippen LogP contribution in [-0.2, 0) is 14.8 Å². The second kappa shape index (κ2) is 9.82. The predicted molar refractivity (Wildman–Crippen MR) is 114 cm³/mol. The minimum absolute atomic E-state index is 0.165. The van der Waals surface area contributed by atoms with Crippen LogP contribution in [0.15, 0.2) is 41.5 Å². The van der Waals surface area contributed by atoms with Gasteiger partial charge in [-0.15, -0.1) is 0 Å². The highest BCUT2D eigenvalue weighted by Crippen LogP contribution is 2.29. The second-order valence-corrected chi connectivity index (χ2v) is 8.55. The first-order valence-corrected chi connectivity index (χ1v) is 10.7. The number of hydrogen-bond acceptors (Lipinski definition) is 6. The molecule has 0 aliphatic rings. The van der Waals surface area contributed by atoms with Crippen molar-refractivity contribution in [3.05, 3.63) is 52.0 Å². The van der Waals surface area contributed by atoms with Crippen molar-refractivity contribution in [3.63, 3.8) is 0 Å². The molecule has 11 heteroatoms. The van der Waals surface area contributed by atoms with Crippen molar-refractivity contribution >= 4 is 51.0 Å². The number of amides is 1. The molecule has 0 aliphatic carbocycles. The van der Waals surface area contributed by atoms with Gasteiger partial charge in [0.1, 0.15) is 6.54 Å². The van der Waals surface area contributed by atoms with Gasteiger partial charge in [0.2, 0.25) is 10.0 Å². The Kier molecular flexibility index (Phi) is 7.72. The van der Waals surface area contributed by atoms with E-state index < -0.39 is 22.5 Å². The molecule has 0 atom stereocenters. The monoisotopic (exact) mass is 459 g/mol. The SMILES string of the molecule is COc1cccc(/C=N\NC(=O)CN(c2cc(Cl)cc(Cl)c2)S(C)(=O)=O)c1OC. The molecule has 0 radical (unpaired) electrons. The molecule has 0 bridgehead atoms. The average Bonchev–Trinajstić information content (AvgIpc) is 2.64. The van der Waals surface area contributed by atoms with Crippen LogP contribution in [-0.4, -0.2) is 47.6 Å². The maximum absolute atomic E-state index is 12.3. The molecule has 0 aromatic heterocycles. The van der Waals surface area contributed by atoms with Gasteiger partial charge in [-0.3, -0.25) is 9.10 Å². The summed E-state index contributed by atoms with van der Waals surface area (Å²) in [4.78, 5) is 12.3. The fourth-order valence-corrected chi connectivity index (χ4v) is 3.79. The number of rotatable bonds is 8. The van der Waals surface area contributed by atoms with E-state index in [-0.39, 0.29) is 15.7 Å². The predicted octanol–water partition coefficient (Wildman–Crippen LogP) is 2.93. The summed E-state index contributed by atoms with van der Waals surface area (Å²) in [5.74, 6) is 0.285. The molecule has 0 fully saturated rings. The van der Waals surface area contributed by atoms with Crippen molar-refractivity contribution in [2.24, 2.45) is 5.10 Å². The van der Waals surface area contributed by atoms with Crippen molar-refractivity contribution in [2.45, 2.75) is 0 Å². The summed E-state index contributed by atoms with van der Waals surface area (Å²) in [7, 11) is -0.794. The van der Waals surface area contributed by atoms with Crippen LogP contribution >= 0.6 is 23.2 Å². The molecular weight excluding hydrogens is 441 g/mol. The van der Waals surface area contributed by atoms with E-state index in [9.17, 15) is 13.2 Å². The highest BCUT2D eigenvalue weighted by atomic mass is 35.5. The van der Waals surface area contributed by atoms with Gasteiger partial charge in [-0.25, -0.2) is 13.8 Å². The average molecular weight is 460 g/mol. The Morgan fingerprint density at radius 1 is 1.17 bits per heavy atom. The second-order valence-electron chi connectivity index (χ2n) is 5.77. The third kappa shape index (κ3) is 6.25. The van der Waals surface area contributed by atoms with E-state index in [2.05, 4.69) is 10.5 Å². The van der Waals surface area contributed by atoms with E-state index in [1.807, 2.05) is 0 Å². The molecule has 1 amide bonds. The van der Waals surface area contributed by atoms with E-state index in [4.69, 9.17) is 32.7 Å². The topological polar surface area (TPSA) is 97.3 Å². The van der Waals surface area contributed by atoms with E-state index >= 15 is 0 Å². The fourth-order valence-electron chi connectivity index (χ4n) is 2.44. The number of hydrazone groups is 1. The Labute approximate surface area is 179 Å². The molecule has 0 saturated carbocycles. The standard InChI is InChI=1S/C18H19Cl2N3O5S/c1-27-16-6-4-5-12(18(16)28-2)10-21-22-17(24)11-23(29(3,25)26)15-8-13(19)7-14(20)9-15/h4-10H,11H2,1-3H3,(H,22,24)/b21-10-. The minimum atomic E-state index is -3.78. The van der Waals surface area contributed by atoms with E-state index in [1.54, 1.807) is 18.2 Å². The third-order valence-corrected chi connectivity index (χ3v) is 5.23. The lowest BCUT2D eigenvalue weighted by Gasteiger charge is -2.21. The van der Waals surface area contributed by atoms with Crippen molar-refractivity contribution < 1.29 is 22.7 Å². The van der Waals surface area contributed by atoms with Gasteiger partial charge in [-0.2, -0.15) is 5.10 Å². The first-order chi connectivity index (χ1) is 13.7. The number of methoxy groups -OCH3 is 2. The van der Waals surface area contributed by atoms with Crippen LogP contribution in [0.1, 0.15) is 5.56 Å². The van der Waals surface area contributed by atoms with Crippen molar-refractivity contribution in [2.75, 3.05) is 31.3 Å². The molecular formula is C18H19Cl2N3O5S. The number of hydrogen-bond donors (Lipinski definition) is 1. The zero-order chi connectivity index (χ0) is 21.6. The van der Waals surface area contributed by atoms with E-state index in [0.717, 1.165) is 10.6 Å². The van der Waals surface area contributed by atoms with Gasteiger partial charge in [-0.05, 0) is 30.3 Å². The number of halogens is 2. The molecule has 156 valence electrons. The molecule has 2 aromatic carbocycles. The molecule has 2 aromatic rings. The van der Waals surface area contributed by atoms with Crippen LogP contribution in [0.2, 0.25) is 10.0 Å². The highest BCUT2D eigenvalue weighted by Gasteiger charge is 2.21. The maximum atomic E-state index is 12.3. The van der Waals surface area contributed by atoms with Crippen LogP contribution in [0.5, 0.6) is 11.5 Å². The normalized spacial score (nSPS) is 11.3. The highest BCUT2D eigenvalue weighted by molar-refractivity contribution is 7.92. The molecule has 29 heavy (non-hydrogen) atoms. The van der Waals surface area contributed by atoms with Gasteiger partial charge >= 0.3 is 0 Å². The summed E-state index contributed by atoms with van der Waals surface area (Å²) in [5, 5.41) is 4.34. The van der Waals surface area contributed by atoms with Crippen LogP contribution < -0.4 is 19.2 Å². The summed E-state index contributed by atoms with van der Waals surface area (Å²) in [6, 6.07) is 9.42. The van der Waals surface area contributed by atoms with Gasteiger partial charge in [0, 0.05) is 15.6 Å². The molecule has 0 aliphatic heterocycles. The van der Waals surface area contributed by atoms with E-state index in [1.165, 1.54) is 38.6 Å². The Hall–Kier alpha value is -2.49. The van der Waals surface area contributed by atoms with Gasteiger partial charge in [0.05, 0.1) is 32.4 Å². The maximum Gasteiger partial charge on any atom is 0.260 e. The van der Waals surface area contributed by atoms with Crippen LogP contribution in [0.25, 0.3) is 0 Å². The number of para-hydroxylation sites is 1. The van der Waals surface area contributed by atoms with Gasteiger partial charge < -0.3 is 9.47 Å². The lowest BCUT2D eigenvalue weighted by Crippen LogP contribution is -2.39. The number of ether oxygens (including phenoxy) is 2. The molecule has 0 saturated heterocycles. The lowest BCUT2D eigenvalue weighted by molar-refractivity contribution is -0.119. The molecule has 0 unspecified atom stereocenters. The summed E-state index contributed by atoms with van der Waals surface area (Å²) in [6.45, 7) is -0.512. The summed E-state index contributed by atoms with van der Waals surface area (Å²) in [5.41, 5.74) is 3.01. The zero-order valence-electron chi connectivity index (χ0n) is 15.8. The van der Waals surface area contributed by atoms with E-state index in [0.29, 0.717) is 17.1 Å². The molecule has 0 spiro atoms. The lowest BCUT2D eigenvalue weighted by atomic mass is 10.2. The van der Waals surface area contributed by atoms with Gasteiger partial charge in [0.25, 0.3) is 5.91 Å². The zero-order valence-corrected chi connectivity index (χ0v) is 18.2. The summed E-state index contributed by atoms with van der Waals surface area (Å²) in [6.07, 6.45) is 2.33. The number of carbonyl (C=O) groups is 1. The largest absolute Gasteiger partial charge is 0.493 e. The van der Waals surface area contributed by atoms with Crippen LogP contribution in [0.3, 0.4) is 0 Å². The smallest absolute Gasteiger partial charge is 0.260 e. The number of nitrogens with zero attached hydrogens (tertiary/aromatic N) is 2. The number of anilines is 1. The first kappa shape index (κ1) is 22.8. The summed E-state index contributed by atoms with van der Waals surface area (Å²) >= 11 is 11.9. The van der Waals surface area contributed by atoms with Gasteiger partial charge in [0.15, 0.2) is 11.5 Å². The molecule has 2 rings (SSSR count). The molecule has 1 N–H and O–H groups in total. The Bertz CT molecular complexity index is 1010. The fraction of sp³-hybridized carbons (Fsp3) is 0.222. The number of sulfonamides is 1. The number of nitrogens with one attached hydrogen (secondary N) is 1. The van der Waals surface area contributed by atoms with Crippen molar-refractivity contribution in [1.29, 1.82) is 0 Å². The summed E-state index contributed by atoms with van der Waals surface area (Å²) < 4.78 is 35.6. The Morgan fingerprint density at radius 2 is 1.83 bits per heavy atom. The Balaban J connectivity index is 2.17. The Morgan fingerprint density at radius 3 is 2.38 bits per heavy atom. The quantitative estimate of drug-likeness (QED) is 0.483. The van der Waals surface area contributed by atoms with Crippen LogP contribution in [0.4, 0.5) is 5.69 Å². The van der Waals surface area contributed by atoms with Crippen molar-refractivity contribution in [3.8, 4) is 11.5 Å². The third-order valence-electron chi connectivity index (χ3n) is 3.65. The van der Waals surface area contributed by atoms with Gasteiger partial charge in [-0.1, -0.05) is 29.3 Å². The number of benzene rings is 2. The molecule has 8 nitrogen and oxygen atoms in total.